The van der Waals surface area contributed by atoms with E-state index >= 15 is 0 Å². The average Bonchev–Trinajstić information content (AvgIpc) is 2.73. The minimum absolute atomic E-state index is 0.00758. The minimum atomic E-state index is -0.00758. The van der Waals surface area contributed by atoms with Crippen molar-refractivity contribution < 1.29 is 4.79 Å². The fourth-order valence-corrected chi connectivity index (χ4v) is 4.65. The van der Waals surface area contributed by atoms with Crippen LogP contribution in [-0.2, 0) is 11.2 Å². The van der Waals surface area contributed by atoms with Gasteiger partial charge in [-0.1, -0.05) is 41.4 Å². The first-order valence-electron chi connectivity index (χ1n) is 10.3. The van der Waals surface area contributed by atoms with Crippen molar-refractivity contribution in [3.05, 3.63) is 58.1 Å². The van der Waals surface area contributed by atoms with Gasteiger partial charge in [-0.15, -0.1) is 0 Å². The first-order valence-corrected chi connectivity index (χ1v) is 11.1. The number of amides is 1. The zero-order chi connectivity index (χ0) is 20.4. The molecule has 1 atom stereocenters. The molecule has 2 aliphatic rings. The van der Waals surface area contributed by atoms with Crippen LogP contribution in [0.1, 0.15) is 18.4 Å². The van der Waals surface area contributed by atoms with Gasteiger partial charge < -0.3 is 14.7 Å². The van der Waals surface area contributed by atoms with E-state index in [0.29, 0.717) is 10.0 Å². The molecule has 0 bridgehead atoms. The Morgan fingerprint density at radius 3 is 2.48 bits per heavy atom. The number of rotatable bonds is 4. The number of anilines is 2. The summed E-state index contributed by atoms with van der Waals surface area (Å²) < 4.78 is 0. The van der Waals surface area contributed by atoms with Crippen LogP contribution in [-0.4, -0.2) is 50.6 Å². The Morgan fingerprint density at radius 2 is 1.72 bits per heavy atom. The predicted octanol–water partition coefficient (Wildman–Crippen LogP) is 4.73. The lowest BCUT2D eigenvalue weighted by Crippen LogP contribution is -2.45. The molecule has 1 amide bonds. The SMILES string of the molecule is CN1CCN(c2ccccc2CC2CCCN(c3ccc(Cl)c(Cl)c3)C2=O)CC1. The Labute approximate surface area is 183 Å². The molecule has 2 saturated heterocycles. The maximum atomic E-state index is 13.3. The molecule has 154 valence electrons. The van der Waals surface area contributed by atoms with E-state index in [2.05, 4.69) is 41.1 Å². The average molecular weight is 432 g/mol. The molecule has 0 radical (unpaired) electrons. The Hall–Kier alpha value is -1.75. The molecular formula is C23H27Cl2N3O. The molecule has 0 saturated carbocycles. The first-order chi connectivity index (χ1) is 14.0. The van der Waals surface area contributed by atoms with Crippen LogP contribution in [0.25, 0.3) is 0 Å². The molecule has 2 aliphatic heterocycles. The third-order valence-corrected chi connectivity index (χ3v) is 6.81. The minimum Gasteiger partial charge on any atom is -0.369 e. The number of benzene rings is 2. The number of likely N-dealkylation sites (N-methyl/N-ethyl adjacent to an activating group) is 1. The maximum Gasteiger partial charge on any atom is 0.230 e. The number of nitrogens with zero attached hydrogens (tertiary/aromatic N) is 3. The molecule has 4 nitrogen and oxygen atoms in total. The Bertz CT molecular complexity index is 880. The van der Waals surface area contributed by atoms with Crippen molar-refractivity contribution in [2.75, 3.05) is 49.6 Å². The van der Waals surface area contributed by atoms with Crippen molar-refractivity contribution in [1.29, 1.82) is 0 Å². The highest BCUT2D eigenvalue weighted by Gasteiger charge is 2.31. The molecule has 2 aromatic carbocycles. The number of carbonyl (C=O) groups excluding carboxylic acids is 1. The van der Waals surface area contributed by atoms with Gasteiger partial charge in [0.2, 0.25) is 5.91 Å². The van der Waals surface area contributed by atoms with Crippen molar-refractivity contribution in [3.63, 3.8) is 0 Å². The normalized spacial score (nSPS) is 20.9. The number of halogens is 2. The zero-order valence-corrected chi connectivity index (χ0v) is 18.3. The summed E-state index contributed by atoms with van der Waals surface area (Å²) in [5.41, 5.74) is 3.38. The predicted molar refractivity (Wildman–Crippen MR) is 121 cm³/mol. The van der Waals surface area contributed by atoms with Crippen LogP contribution in [0.5, 0.6) is 0 Å². The highest BCUT2D eigenvalue weighted by molar-refractivity contribution is 6.42. The van der Waals surface area contributed by atoms with E-state index in [1.807, 2.05) is 11.0 Å². The first kappa shape index (κ1) is 20.5. The molecule has 0 N–H and O–H groups in total. The van der Waals surface area contributed by atoms with Gasteiger partial charge >= 0.3 is 0 Å². The lowest BCUT2D eigenvalue weighted by molar-refractivity contribution is -0.123. The van der Waals surface area contributed by atoms with E-state index in [1.165, 1.54) is 11.3 Å². The van der Waals surface area contributed by atoms with E-state index in [4.69, 9.17) is 23.2 Å². The Kier molecular flexibility index (Phi) is 6.33. The fourth-order valence-electron chi connectivity index (χ4n) is 4.35. The third kappa shape index (κ3) is 4.55. The van der Waals surface area contributed by atoms with Crippen molar-refractivity contribution in [3.8, 4) is 0 Å². The summed E-state index contributed by atoms with van der Waals surface area (Å²) >= 11 is 12.2. The van der Waals surface area contributed by atoms with Crippen LogP contribution in [0.4, 0.5) is 11.4 Å². The number of hydrogen-bond donors (Lipinski definition) is 0. The summed E-state index contributed by atoms with van der Waals surface area (Å²) in [5.74, 6) is 0.176. The molecule has 2 fully saturated rings. The van der Waals surface area contributed by atoms with Crippen LogP contribution in [0.15, 0.2) is 42.5 Å². The molecule has 2 heterocycles. The molecular weight excluding hydrogens is 405 g/mol. The van der Waals surface area contributed by atoms with Gasteiger partial charge in [-0.25, -0.2) is 0 Å². The van der Waals surface area contributed by atoms with Crippen molar-refractivity contribution in [2.24, 2.45) is 5.92 Å². The maximum absolute atomic E-state index is 13.3. The Balaban J connectivity index is 1.52. The smallest absolute Gasteiger partial charge is 0.230 e. The number of carbonyl (C=O) groups is 1. The van der Waals surface area contributed by atoms with E-state index < -0.39 is 0 Å². The summed E-state index contributed by atoms with van der Waals surface area (Å²) in [4.78, 5) is 20.0. The van der Waals surface area contributed by atoms with E-state index in [9.17, 15) is 4.79 Å². The van der Waals surface area contributed by atoms with Crippen LogP contribution < -0.4 is 9.80 Å². The van der Waals surface area contributed by atoms with Gasteiger partial charge in [0, 0.05) is 50.0 Å². The largest absolute Gasteiger partial charge is 0.369 e. The second-order valence-corrected chi connectivity index (χ2v) is 8.87. The lowest BCUT2D eigenvalue weighted by atomic mass is 9.89. The van der Waals surface area contributed by atoms with Gasteiger partial charge in [0.15, 0.2) is 0 Å². The van der Waals surface area contributed by atoms with Gasteiger partial charge in [0.05, 0.1) is 10.0 Å². The lowest BCUT2D eigenvalue weighted by Gasteiger charge is -2.36. The van der Waals surface area contributed by atoms with Crippen LogP contribution in [0.2, 0.25) is 10.0 Å². The van der Waals surface area contributed by atoms with Crippen LogP contribution in [0, 0.1) is 5.92 Å². The molecule has 0 spiro atoms. The molecule has 6 heteroatoms. The van der Waals surface area contributed by atoms with E-state index in [0.717, 1.165) is 57.7 Å². The topological polar surface area (TPSA) is 26.8 Å². The summed E-state index contributed by atoms with van der Waals surface area (Å²) in [6.07, 6.45) is 2.69. The van der Waals surface area contributed by atoms with Gasteiger partial charge in [-0.2, -0.15) is 0 Å². The van der Waals surface area contributed by atoms with Crippen LogP contribution >= 0.6 is 23.2 Å². The van der Waals surface area contributed by atoms with E-state index in [-0.39, 0.29) is 11.8 Å². The molecule has 2 aromatic rings. The summed E-state index contributed by atoms with van der Waals surface area (Å²) in [7, 11) is 2.17. The summed E-state index contributed by atoms with van der Waals surface area (Å²) in [6.45, 7) is 4.93. The summed E-state index contributed by atoms with van der Waals surface area (Å²) in [6, 6.07) is 14.0. The van der Waals surface area contributed by atoms with Crippen molar-refractivity contribution >= 4 is 40.5 Å². The van der Waals surface area contributed by atoms with E-state index in [1.54, 1.807) is 12.1 Å². The second kappa shape index (κ2) is 8.95. The molecule has 1 unspecified atom stereocenters. The number of para-hydroxylation sites is 1. The highest BCUT2D eigenvalue weighted by atomic mass is 35.5. The quantitative estimate of drug-likeness (QED) is 0.699. The van der Waals surface area contributed by atoms with Gasteiger partial charge in [-0.05, 0) is 56.1 Å². The highest BCUT2D eigenvalue weighted by Crippen LogP contribution is 2.33. The Morgan fingerprint density at radius 1 is 0.966 bits per heavy atom. The molecule has 29 heavy (non-hydrogen) atoms. The zero-order valence-electron chi connectivity index (χ0n) is 16.8. The number of piperazine rings is 1. The van der Waals surface area contributed by atoms with Gasteiger partial charge in [0.25, 0.3) is 0 Å². The van der Waals surface area contributed by atoms with Crippen LogP contribution in [0.3, 0.4) is 0 Å². The second-order valence-electron chi connectivity index (χ2n) is 8.05. The standard InChI is InChI=1S/C23H27Cl2N3O/c1-26-11-13-27(14-12-26)22-7-3-2-5-17(22)15-18-6-4-10-28(23(18)29)19-8-9-20(24)21(25)16-19/h2-3,5,7-9,16,18H,4,6,10-15H2,1H3. The monoisotopic (exact) mass is 431 g/mol. The molecule has 0 aliphatic carbocycles. The van der Waals surface area contributed by atoms with Crippen molar-refractivity contribution in [1.82, 2.24) is 4.90 Å². The van der Waals surface area contributed by atoms with Crippen molar-refractivity contribution in [2.45, 2.75) is 19.3 Å². The van der Waals surface area contributed by atoms with Gasteiger partial charge in [-0.3, -0.25) is 4.79 Å². The third-order valence-electron chi connectivity index (χ3n) is 6.07. The summed E-state index contributed by atoms with van der Waals surface area (Å²) in [5, 5.41) is 0.997. The molecule has 4 rings (SSSR count). The van der Waals surface area contributed by atoms with Gasteiger partial charge in [0.1, 0.15) is 0 Å². The fraction of sp³-hybridized carbons (Fsp3) is 0.435. The number of piperidine rings is 1. The molecule has 0 aromatic heterocycles. The number of hydrogen-bond acceptors (Lipinski definition) is 3.